The van der Waals surface area contributed by atoms with Gasteiger partial charge in [0.2, 0.25) is 11.3 Å². The molecule has 0 saturated carbocycles. The minimum atomic E-state index is -1.14. The molecule has 0 saturated heterocycles. The third-order valence-electron chi connectivity index (χ3n) is 5.23. The van der Waals surface area contributed by atoms with Gasteiger partial charge in [-0.25, -0.2) is 18.5 Å². The van der Waals surface area contributed by atoms with Crippen molar-refractivity contribution < 1.29 is 33.0 Å². The number of ether oxygens (including phenoxy) is 1. The lowest BCUT2D eigenvalue weighted by Crippen LogP contribution is -2.58. The molecule has 3 rings (SSSR count). The van der Waals surface area contributed by atoms with E-state index in [0.29, 0.717) is 6.07 Å². The molecule has 34 heavy (non-hydrogen) atoms. The van der Waals surface area contributed by atoms with Crippen molar-refractivity contribution in [2.24, 2.45) is 5.92 Å². The fraction of sp³-hybridized carbons (Fsp3) is 0.364. The number of benzene rings is 1. The number of nitrogens with one attached hydrogen (secondary N) is 1. The Morgan fingerprint density at radius 3 is 2.56 bits per heavy atom. The number of hydrogen-bond acceptors (Lipinski definition) is 6. The smallest absolute Gasteiger partial charge is 0.278 e. The maximum Gasteiger partial charge on any atom is 0.278 e. The molecule has 1 aromatic heterocycles. The van der Waals surface area contributed by atoms with E-state index in [1.165, 1.54) is 12.0 Å². The van der Waals surface area contributed by atoms with E-state index in [1.807, 2.05) is 0 Å². The molecular weight excluding hydrogens is 454 g/mol. The van der Waals surface area contributed by atoms with Crippen molar-refractivity contribution in [3.63, 3.8) is 0 Å². The Bertz CT molecular complexity index is 1200. The first-order valence-electron chi connectivity index (χ1n) is 10.4. The molecule has 3 amide bonds. The Morgan fingerprint density at radius 2 is 1.94 bits per heavy atom. The zero-order valence-electron chi connectivity index (χ0n) is 18.8. The van der Waals surface area contributed by atoms with Gasteiger partial charge in [-0.15, -0.1) is 0 Å². The van der Waals surface area contributed by atoms with E-state index in [9.17, 15) is 33.1 Å². The molecular formula is C22H24F2N4O6. The van der Waals surface area contributed by atoms with Crippen LogP contribution in [0, 0.1) is 17.6 Å². The standard InChI is InChI=1S/C22H24F2N4O6/c1-12(2)21(32)28-11-26(6-7-34-3)22(33)17-19(30)18(29)15(10-27(17)28)20(31)25-9-13-4-5-14(23)8-16(13)24/h4-5,8,10,12,30H,6-7,9,11H2,1-3H3,(H,25,31). The van der Waals surface area contributed by atoms with Gasteiger partial charge in [0.05, 0.1) is 6.61 Å². The van der Waals surface area contributed by atoms with Gasteiger partial charge in [-0.2, -0.15) is 0 Å². The highest BCUT2D eigenvalue weighted by Gasteiger charge is 2.37. The van der Waals surface area contributed by atoms with Gasteiger partial charge in [0.15, 0.2) is 11.4 Å². The number of carbonyl (C=O) groups is 3. The van der Waals surface area contributed by atoms with Gasteiger partial charge in [-0.05, 0) is 6.07 Å². The van der Waals surface area contributed by atoms with Crippen LogP contribution in [0.2, 0.25) is 0 Å². The highest BCUT2D eigenvalue weighted by molar-refractivity contribution is 6.01. The number of aromatic nitrogens is 1. The lowest BCUT2D eigenvalue weighted by molar-refractivity contribution is -0.123. The number of methoxy groups -OCH3 is 1. The number of hydrogen-bond donors (Lipinski definition) is 2. The van der Waals surface area contributed by atoms with Gasteiger partial charge in [-0.3, -0.25) is 19.2 Å². The number of aromatic hydroxyl groups is 1. The second-order valence-electron chi connectivity index (χ2n) is 7.93. The Labute approximate surface area is 193 Å². The summed E-state index contributed by atoms with van der Waals surface area (Å²) < 4.78 is 32.9. The lowest BCUT2D eigenvalue weighted by Gasteiger charge is -2.39. The van der Waals surface area contributed by atoms with Crippen LogP contribution in [-0.2, 0) is 16.1 Å². The predicted octanol–water partition coefficient (Wildman–Crippen LogP) is 0.942. The molecule has 182 valence electrons. The molecule has 1 aliphatic rings. The molecule has 2 N–H and O–H groups in total. The van der Waals surface area contributed by atoms with Gasteiger partial charge in [-0.1, -0.05) is 19.9 Å². The van der Waals surface area contributed by atoms with Crippen LogP contribution >= 0.6 is 0 Å². The molecule has 2 aromatic rings. The fourth-order valence-corrected chi connectivity index (χ4v) is 3.37. The van der Waals surface area contributed by atoms with Crippen molar-refractivity contribution in [2.75, 3.05) is 31.9 Å². The van der Waals surface area contributed by atoms with Gasteiger partial charge in [0.1, 0.15) is 23.9 Å². The second kappa shape index (κ2) is 10.00. The molecule has 0 atom stereocenters. The average molecular weight is 478 g/mol. The van der Waals surface area contributed by atoms with E-state index in [2.05, 4.69) is 5.32 Å². The van der Waals surface area contributed by atoms with Gasteiger partial charge < -0.3 is 20.1 Å². The number of amides is 3. The van der Waals surface area contributed by atoms with Crippen molar-refractivity contribution in [3.05, 3.63) is 63.1 Å². The first-order valence-corrected chi connectivity index (χ1v) is 10.4. The first-order chi connectivity index (χ1) is 16.1. The number of rotatable bonds is 7. The van der Waals surface area contributed by atoms with E-state index >= 15 is 0 Å². The van der Waals surface area contributed by atoms with Gasteiger partial charge >= 0.3 is 0 Å². The summed E-state index contributed by atoms with van der Waals surface area (Å²) in [6.07, 6.45) is 0.986. The Hall–Kier alpha value is -3.80. The van der Waals surface area contributed by atoms with Crippen LogP contribution in [0.3, 0.4) is 0 Å². The maximum absolute atomic E-state index is 13.9. The minimum absolute atomic E-state index is 0.0300. The largest absolute Gasteiger partial charge is 0.502 e. The normalized spacial score (nSPS) is 13.3. The van der Waals surface area contributed by atoms with Crippen molar-refractivity contribution >= 4 is 17.7 Å². The van der Waals surface area contributed by atoms with Crippen LogP contribution in [0.5, 0.6) is 5.75 Å². The topological polar surface area (TPSA) is 121 Å². The number of halogens is 2. The molecule has 0 unspecified atom stereocenters. The monoisotopic (exact) mass is 478 g/mol. The molecule has 0 radical (unpaired) electrons. The third-order valence-corrected chi connectivity index (χ3v) is 5.23. The first kappa shape index (κ1) is 24.8. The number of fused-ring (bicyclic) bond motifs is 1. The van der Waals surface area contributed by atoms with E-state index in [4.69, 9.17) is 4.74 Å². The molecule has 1 aliphatic heterocycles. The zero-order valence-corrected chi connectivity index (χ0v) is 18.8. The Kier molecular flexibility index (Phi) is 7.30. The second-order valence-corrected chi connectivity index (χ2v) is 7.93. The summed E-state index contributed by atoms with van der Waals surface area (Å²) in [5.74, 6) is -5.32. The van der Waals surface area contributed by atoms with Crippen LogP contribution < -0.4 is 15.8 Å². The quantitative estimate of drug-likeness (QED) is 0.611. The van der Waals surface area contributed by atoms with E-state index in [-0.39, 0.29) is 31.9 Å². The molecule has 10 nitrogen and oxygen atoms in total. The summed E-state index contributed by atoms with van der Waals surface area (Å²) in [4.78, 5) is 52.4. The van der Waals surface area contributed by atoms with Gasteiger partial charge in [0, 0.05) is 43.9 Å². The van der Waals surface area contributed by atoms with Crippen LogP contribution in [-0.4, -0.2) is 59.3 Å². The number of carbonyl (C=O) groups excluding carboxylic acids is 3. The number of pyridine rings is 1. The lowest BCUT2D eigenvalue weighted by atomic mass is 10.1. The molecule has 0 bridgehead atoms. The van der Waals surface area contributed by atoms with E-state index in [0.717, 1.165) is 28.0 Å². The molecule has 0 aliphatic carbocycles. The summed E-state index contributed by atoms with van der Waals surface area (Å²) in [7, 11) is 1.43. The summed E-state index contributed by atoms with van der Waals surface area (Å²) in [6.45, 7) is 2.94. The average Bonchev–Trinajstić information content (AvgIpc) is 2.79. The molecule has 2 heterocycles. The van der Waals surface area contributed by atoms with Crippen LogP contribution in [0.15, 0.2) is 29.2 Å². The summed E-state index contributed by atoms with van der Waals surface area (Å²) in [6, 6.07) is 2.80. The molecule has 0 spiro atoms. The highest BCUT2D eigenvalue weighted by atomic mass is 19.1. The SMILES string of the molecule is COCCN1CN(C(=O)C(C)C)n2cc(C(=O)NCc3ccc(F)cc3F)c(=O)c(O)c2C1=O. The number of nitrogens with zero attached hydrogens (tertiary/aromatic N) is 3. The maximum atomic E-state index is 13.9. The summed E-state index contributed by atoms with van der Waals surface area (Å²) in [5.41, 5.74) is -2.20. The van der Waals surface area contributed by atoms with E-state index < -0.39 is 57.7 Å². The molecule has 0 fully saturated rings. The van der Waals surface area contributed by atoms with Crippen molar-refractivity contribution in [3.8, 4) is 5.75 Å². The Morgan fingerprint density at radius 1 is 1.24 bits per heavy atom. The zero-order chi connectivity index (χ0) is 25.2. The van der Waals surface area contributed by atoms with Crippen LogP contribution in [0.25, 0.3) is 0 Å². The summed E-state index contributed by atoms with van der Waals surface area (Å²) in [5, 5.41) is 14.0. The van der Waals surface area contributed by atoms with Crippen LogP contribution in [0.1, 0.15) is 40.3 Å². The van der Waals surface area contributed by atoms with Crippen LogP contribution in [0.4, 0.5) is 8.78 Å². The third kappa shape index (κ3) is 4.76. The Balaban J connectivity index is 2.00. The molecule has 1 aromatic carbocycles. The van der Waals surface area contributed by atoms with E-state index in [1.54, 1.807) is 13.8 Å². The van der Waals surface area contributed by atoms with Gasteiger partial charge in [0.25, 0.3) is 11.8 Å². The highest BCUT2D eigenvalue weighted by Crippen LogP contribution is 2.22. The van der Waals surface area contributed by atoms with Crippen molar-refractivity contribution in [1.82, 2.24) is 14.9 Å². The minimum Gasteiger partial charge on any atom is -0.502 e. The predicted molar refractivity (Wildman–Crippen MR) is 116 cm³/mol. The summed E-state index contributed by atoms with van der Waals surface area (Å²) >= 11 is 0. The van der Waals surface area contributed by atoms with Crippen molar-refractivity contribution in [1.29, 1.82) is 0 Å². The van der Waals surface area contributed by atoms with Crippen molar-refractivity contribution in [2.45, 2.75) is 20.4 Å². The fourth-order valence-electron chi connectivity index (χ4n) is 3.37. The molecule has 12 heteroatoms.